The number of hydrogen-bond donors (Lipinski definition) is 1. The number of nitrogens with two attached hydrogens (primary N) is 1. The highest BCUT2D eigenvalue weighted by molar-refractivity contribution is 6.00. The van der Waals surface area contributed by atoms with Gasteiger partial charge in [0.15, 0.2) is 0 Å². The summed E-state index contributed by atoms with van der Waals surface area (Å²) in [5, 5.41) is 0. The maximum absolute atomic E-state index is 12.6. The van der Waals surface area contributed by atoms with E-state index in [-0.39, 0.29) is 5.91 Å². The molecule has 0 radical (unpaired) electrons. The number of amides is 2. The predicted molar refractivity (Wildman–Crippen MR) is 86.8 cm³/mol. The Labute approximate surface area is 131 Å². The van der Waals surface area contributed by atoms with E-state index < -0.39 is 5.91 Å². The van der Waals surface area contributed by atoms with Gasteiger partial charge in [0, 0.05) is 24.2 Å². The first kappa shape index (κ1) is 15.1. The minimum absolute atomic E-state index is 0.189. The lowest BCUT2D eigenvalue weighted by Crippen LogP contribution is -2.36. The lowest BCUT2D eigenvalue weighted by atomic mass is 9.95. The van der Waals surface area contributed by atoms with E-state index in [9.17, 15) is 9.59 Å². The van der Waals surface area contributed by atoms with Crippen LogP contribution in [0, 0.1) is 5.92 Å². The minimum Gasteiger partial charge on any atom is -0.366 e. The van der Waals surface area contributed by atoms with E-state index in [1.54, 1.807) is 6.07 Å². The summed E-state index contributed by atoms with van der Waals surface area (Å²) >= 11 is 0. The van der Waals surface area contributed by atoms with Gasteiger partial charge in [-0.3, -0.25) is 9.59 Å². The van der Waals surface area contributed by atoms with Crippen LogP contribution in [-0.4, -0.2) is 18.4 Å². The quantitative estimate of drug-likeness (QED) is 0.929. The van der Waals surface area contributed by atoms with E-state index >= 15 is 0 Å². The van der Waals surface area contributed by atoms with Gasteiger partial charge in [-0.25, -0.2) is 0 Å². The summed E-state index contributed by atoms with van der Waals surface area (Å²) < 4.78 is 0. The molecule has 0 unspecified atom stereocenters. The first-order valence-corrected chi connectivity index (χ1v) is 8.39. The molecule has 0 spiro atoms. The smallest absolute Gasteiger partial charge is 0.249 e. The summed E-state index contributed by atoms with van der Waals surface area (Å²) in [4.78, 5) is 26.0. The summed E-state index contributed by atoms with van der Waals surface area (Å²) in [5.41, 5.74) is 7.85. The Morgan fingerprint density at radius 3 is 2.68 bits per heavy atom. The molecule has 1 aromatic rings. The Kier molecular flexibility index (Phi) is 4.46. The fourth-order valence-corrected chi connectivity index (χ4v) is 3.88. The summed E-state index contributed by atoms with van der Waals surface area (Å²) in [7, 11) is 0. The van der Waals surface area contributed by atoms with Crippen molar-refractivity contribution in [1.82, 2.24) is 0 Å². The van der Waals surface area contributed by atoms with E-state index in [4.69, 9.17) is 5.73 Å². The molecule has 2 N–H and O–H groups in total. The van der Waals surface area contributed by atoms with Gasteiger partial charge in [-0.2, -0.15) is 0 Å². The highest BCUT2D eigenvalue weighted by Gasteiger charge is 2.26. The molecule has 2 aliphatic rings. The standard InChI is InChI=1S/C18H24N2O2/c19-18(22)15-7-3-9-16-14(15)8-4-12-20(16)17(21)11-10-13-5-1-2-6-13/h3,7,9,13H,1-2,4-6,8,10-12H2,(H2,19,22). The van der Waals surface area contributed by atoms with Gasteiger partial charge in [0.2, 0.25) is 11.8 Å². The zero-order valence-corrected chi connectivity index (χ0v) is 13.0. The van der Waals surface area contributed by atoms with Crippen LogP contribution in [0.25, 0.3) is 0 Å². The molecule has 0 atom stereocenters. The second-order valence-corrected chi connectivity index (χ2v) is 6.51. The van der Waals surface area contributed by atoms with Crippen molar-refractivity contribution in [2.75, 3.05) is 11.4 Å². The van der Waals surface area contributed by atoms with Crippen LogP contribution in [0.1, 0.15) is 60.9 Å². The average molecular weight is 300 g/mol. The van der Waals surface area contributed by atoms with Crippen LogP contribution in [0.5, 0.6) is 0 Å². The molecule has 118 valence electrons. The van der Waals surface area contributed by atoms with Crippen molar-refractivity contribution >= 4 is 17.5 Å². The van der Waals surface area contributed by atoms with Crippen LogP contribution in [0.15, 0.2) is 18.2 Å². The topological polar surface area (TPSA) is 63.4 Å². The predicted octanol–water partition coefficient (Wildman–Crippen LogP) is 3.04. The summed E-state index contributed by atoms with van der Waals surface area (Å²) in [6.07, 6.45) is 8.50. The normalized spacial score (nSPS) is 18.3. The van der Waals surface area contributed by atoms with Crippen molar-refractivity contribution in [1.29, 1.82) is 0 Å². The number of nitrogens with zero attached hydrogens (tertiary/aromatic N) is 1. The third-order valence-electron chi connectivity index (χ3n) is 5.06. The molecule has 1 fully saturated rings. The lowest BCUT2D eigenvalue weighted by molar-refractivity contribution is -0.119. The molecule has 1 aliphatic carbocycles. The van der Waals surface area contributed by atoms with E-state index in [1.165, 1.54) is 25.7 Å². The SMILES string of the molecule is NC(=O)c1cccc2c1CCCN2C(=O)CCC1CCCC1. The number of hydrogen-bond acceptors (Lipinski definition) is 2. The highest BCUT2D eigenvalue weighted by atomic mass is 16.2. The van der Waals surface area contributed by atoms with Crippen LogP contribution >= 0.6 is 0 Å². The third kappa shape index (κ3) is 3.01. The van der Waals surface area contributed by atoms with Gasteiger partial charge < -0.3 is 10.6 Å². The van der Waals surface area contributed by atoms with Gasteiger partial charge in [-0.1, -0.05) is 31.7 Å². The Bertz CT molecular complexity index is 576. The Morgan fingerprint density at radius 2 is 1.95 bits per heavy atom. The number of carbonyl (C=O) groups is 2. The van der Waals surface area contributed by atoms with Crippen molar-refractivity contribution in [2.45, 2.75) is 51.4 Å². The van der Waals surface area contributed by atoms with Crippen LogP contribution in [0.4, 0.5) is 5.69 Å². The molecule has 0 aromatic heterocycles. The van der Waals surface area contributed by atoms with Gasteiger partial charge in [0.25, 0.3) is 0 Å². The molecule has 1 aliphatic heterocycles. The molecular weight excluding hydrogens is 276 g/mol. The minimum atomic E-state index is -0.405. The molecule has 4 heteroatoms. The molecular formula is C18H24N2O2. The maximum atomic E-state index is 12.6. The fraction of sp³-hybridized carbons (Fsp3) is 0.556. The third-order valence-corrected chi connectivity index (χ3v) is 5.06. The molecule has 0 saturated heterocycles. The summed E-state index contributed by atoms with van der Waals surface area (Å²) in [6, 6.07) is 5.52. The number of primary amides is 1. The largest absolute Gasteiger partial charge is 0.366 e. The van der Waals surface area contributed by atoms with Crippen LogP contribution in [-0.2, 0) is 11.2 Å². The van der Waals surface area contributed by atoms with E-state index in [1.807, 2.05) is 17.0 Å². The van der Waals surface area contributed by atoms with Gasteiger partial charge in [0.1, 0.15) is 0 Å². The van der Waals surface area contributed by atoms with Gasteiger partial charge in [-0.15, -0.1) is 0 Å². The van der Waals surface area contributed by atoms with Crippen LogP contribution < -0.4 is 10.6 Å². The van der Waals surface area contributed by atoms with Crippen molar-refractivity contribution in [2.24, 2.45) is 11.7 Å². The van der Waals surface area contributed by atoms with Crippen molar-refractivity contribution < 1.29 is 9.59 Å². The number of fused-ring (bicyclic) bond motifs is 1. The Balaban J connectivity index is 1.74. The first-order chi connectivity index (χ1) is 10.7. The first-order valence-electron chi connectivity index (χ1n) is 8.39. The van der Waals surface area contributed by atoms with Crippen molar-refractivity contribution in [3.8, 4) is 0 Å². The Hall–Kier alpha value is -1.84. The molecule has 1 saturated carbocycles. The van der Waals surface area contributed by atoms with Crippen molar-refractivity contribution in [3.05, 3.63) is 29.3 Å². The van der Waals surface area contributed by atoms with E-state index in [2.05, 4.69) is 0 Å². The van der Waals surface area contributed by atoms with Crippen molar-refractivity contribution in [3.63, 3.8) is 0 Å². The number of benzene rings is 1. The second kappa shape index (κ2) is 6.51. The average Bonchev–Trinajstić information content (AvgIpc) is 3.04. The zero-order valence-electron chi connectivity index (χ0n) is 13.0. The van der Waals surface area contributed by atoms with Gasteiger partial charge in [0.05, 0.1) is 0 Å². The number of carbonyl (C=O) groups excluding carboxylic acids is 2. The van der Waals surface area contributed by atoms with Crippen LogP contribution in [0.2, 0.25) is 0 Å². The molecule has 4 nitrogen and oxygen atoms in total. The fourth-order valence-electron chi connectivity index (χ4n) is 3.88. The number of rotatable bonds is 4. The Morgan fingerprint density at radius 1 is 1.18 bits per heavy atom. The van der Waals surface area contributed by atoms with E-state index in [0.717, 1.165) is 43.0 Å². The maximum Gasteiger partial charge on any atom is 0.249 e. The van der Waals surface area contributed by atoms with Gasteiger partial charge >= 0.3 is 0 Å². The molecule has 2 amide bonds. The molecule has 0 bridgehead atoms. The number of anilines is 1. The summed E-state index contributed by atoms with van der Waals surface area (Å²) in [5.74, 6) is 0.511. The highest BCUT2D eigenvalue weighted by Crippen LogP contribution is 2.32. The second-order valence-electron chi connectivity index (χ2n) is 6.51. The molecule has 3 rings (SSSR count). The van der Waals surface area contributed by atoms with Gasteiger partial charge in [-0.05, 0) is 42.9 Å². The van der Waals surface area contributed by atoms with Crippen LogP contribution in [0.3, 0.4) is 0 Å². The monoisotopic (exact) mass is 300 g/mol. The summed E-state index contributed by atoms with van der Waals surface area (Å²) in [6.45, 7) is 0.749. The molecule has 1 aromatic carbocycles. The zero-order chi connectivity index (χ0) is 15.5. The molecule has 22 heavy (non-hydrogen) atoms. The molecule has 1 heterocycles. The lowest BCUT2D eigenvalue weighted by Gasteiger charge is -2.30. The van der Waals surface area contributed by atoms with E-state index in [0.29, 0.717) is 12.0 Å².